The fraction of sp³-hybridized carbons (Fsp3) is 0.455. The normalized spacial score (nSPS) is 10.3. The van der Waals surface area contributed by atoms with E-state index in [9.17, 15) is 0 Å². The fourth-order valence-corrected chi connectivity index (χ4v) is 3.15. The van der Waals surface area contributed by atoms with Gasteiger partial charge in [0.25, 0.3) is 0 Å². The van der Waals surface area contributed by atoms with E-state index in [4.69, 9.17) is 21.1 Å². The summed E-state index contributed by atoms with van der Waals surface area (Å²) in [5, 5.41) is 4.04. The average Bonchev–Trinajstić information content (AvgIpc) is 2.68. The number of methoxy groups -OCH3 is 1. The number of nitrogens with zero attached hydrogens (tertiary/aromatic N) is 1. The van der Waals surface area contributed by atoms with Crippen LogP contribution in [0.15, 0.2) is 36.4 Å². The maximum atomic E-state index is 6.47. The first-order chi connectivity index (χ1) is 13.1. The Morgan fingerprint density at radius 2 is 1.66 bits per heavy atom. The second-order valence-electron chi connectivity index (χ2n) is 6.59. The summed E-state index contributed by atoms with van der Waals surface area (Å²) < 4.78 is 11.5. The van der Waals surface area contributed by atoms with Crippen molar-refractivity contribution in [2.75, 3.05) is 33.3 Å². The Kier molecular flexibility index (Phi) is 14.2. The summed E-state index contributed by atoms with van der Waals surface area (Å²) in [5.74, 6) is 1.25. The molecule has 7 heteroatoms. The van der Waals surface area contributed by atoms with E-state index in [1.165, 1.54) is 5.56 Å². The van der Waals surface area contributed by atoms with E-state index in [1.54, 1.807) is 7.11 Å². The van der Waals surface area contributed by atoms with Gasteiger partial charge in [-0.25, -0.2) is 0 Å². The van der Waals surface area contributed by atoms with E-state index < -0.39 is 0 Å². The van der Waals surface area contributed by atoms with E-state index in [1.807, 2.05) is 12.1 Å². The summed E-state index contributed by atoms with van der Waals surface area (Å²) >= 11 is 6.47. The van der Waals surface area contributed by atoms with Crippen molar-refractivity contribution in [3.8, 4) is 11.5 Å². The van der Waals surface area contributed by atoms with Gasteiger partial charge >= 0.3 is 0 Å². The molecular formula is C22H33Cl3N2O2. The molecule has 0 aliphatic rings. The molecule has 29 heavy (non-hydrogen) atoms. The molecular weight excluding hydrogens is 431 g/mol. The Morgan fingerprint density at radius 3 is 2.24 bits per heavy atom. The van der Waals surface area contributed by atoms with Crippen molar-refractivity contribution < 1.29 is 9.47 Å². The molecule has 0 fully saturated rings. The standard InChI is InChI=1S/C22H31ClN2O2.2ClH/c1-5-25(6-2)12-11-24-15-19-13-20(23)22(21(14-19)26-4)27-16-18-9-7-17(3)8-10-18;;/h7-10,13-14,24H,5-6,11-12,15-16H2,1-4H3;2*1H. The van der Waals surface area contributed by atoms with Gasteiger partial charge in [0.2, 0.25) is 0 Å². The van der Waals surface area contributed by atoms with Gasteiger partial charge in [-0.05, 0) is 43.3 Å². The highest BCUT2D eigenvalue weighted by Gasteiger charge is 2.12. The largest absolute Gasteiger partial charge is 0.493 e. The topological polar surface area (TPSA) is 33.7 Å². The van der Waals surface area contributed by atoms with Crippen molar-refractivity contribution in [3.63, 3.8) is 0 Å². The highest BCUT2D eigenvalue weighted by atomic mass is 35.5. The van der Waals surface area contributed by atoms with E-state index in [0.29, 0.717) is 23.1 Å². The lowest BCUT2D eigenvalue weighted by Crippen LogP contribution is -2.31. The molecule has 0 amide bonds. The highest BCUT2D eigenvalue weighted by Crippen LogP contribution is 2.37. The first-order valence-corrected chi connectivity index (χ1v) is 9.93. The van der Waals surface area contributed by atoms with Gasteiger partial charge in [-0.15, -0.1) is 24.8 Å². The van der Waals surface area contributed by atoms with Crippen LogP contribution in [-0.4, -0.2) is 38.2 Å². The van der Waals surface area contributed by atoms with Crippen molar-refractivity contribution in [1.29, 1.82) is 0 Å². The zero-order chi connectivity index (χ0) is 19.6. The lowest BCUT2D eigenvalue weighted by molar-refractivity contribution is 0.284. The number of halogens is 3. The van der Waals surface area contributed by atoms with Crippen LogP contribution < -0.4 is 14.8 Å². The number of hydrogen-bond acceptors (Lipinski definition) is 4. The van der Waals surface area contributed by atoms with Gasteiger partial charge in [0.05, 0.1) is 12.1 Å². The van der Waals surface area contributed by atoms with Gasteiger partial charge in [0.1, 0.15) is 6.61 Å². The van der Waals surface area contributed by atoms with Gasteiger partial charge < -0.3 is 19.7 Å². The second kappa shape index (κ2) is 14.8. The molecule has 0 saturated heterocycles. The Balaban J connectivity index is 0.00000392. The maximum absolute atomic E-state index is 6.47. The molecule has 2 aromatic carbocycles. The number of likely N-dealkylation sites (N-methyl/N-ethyl adjacent to an activating group) is 1. The second-order valence-corrected chi connectivity index (χ2v) is 6.99. The molecule has 0 aliphatic carbocycles. The molecule has 0 atom stereocenters. The number of rotatable bonds is 11. The molecule has 0 aromatic heterocycles. The quantitative estimate of drug-likeness (QED) is 0.445. The molecule has 2 aromatic rings. The minimum atomic E-state index is 0. The average molecular weight is 464 g/mol. The SMILES string of the molecule is CCN(CC)CCNCc1cc(Cl)c(OCc2ccc(C)cc2)c(OC)c1.Cl.Cl. The number of benzene rings is 2. The van der Waals surface area contributed by atoms with Gasteiger partial charge in [-0.2, -0.15) is 0 Å². The molecule has 0 spiro atoms. The molecule has 164 valence electrons. The van der Waals surface area contributed by atoms with E-state index in [-0.39, 0.29) is 24.8 Å². The monoisotopic (exact) mass is 462 g/mol. The Morgan fingerprint density at radius 1 is 1.00 bits per heavy atom. The van der Waals surface area contributed by atoms with Crippen LogP contribution in [0.25, 0.3) is 0 Å². The van der Waals surface area contributed by atoms with Crippen LogP contribution >= 0.6 is 36.4 Å². The lowest BCUT2D eigenvalue weighted by atomic mass is 10.1. The molecule has 2 rings (SSSR count). The van der Waals surface area contributed by atoms with Crippen molar-refractivity contribution in [2.24, 2.45) is 0 Å². The molecule has 0 bridgehead atoms. The zero-order valence-corrected chi connectivity index (χ0v) is 20.1. The number of ether oxygens (including phenoxy) is 2. The first-order valence-electron chi connectivity index (χ1n) is 9.55. The van der Waals surface area contributed by atoms with Crippen molar-refractivity contribution in [3.05, 3.63) is 58.1 Å². The fourth-order valence-electron chi connectivity index (χ4n) is 2.86. The van der Waals surface area contributed by atoms with E-state index >= 15 is 0 Å². The van der Waals surface area contributed by atoms with Crippen LogP contribution in [0.3, 0.4) is 0 Å². The summed E-state index contributed by atoms with van der Waals surface area (Å²) in [5.41, 5.74) is 3.41. The minimum absolute atomic E-state index is 0. The third kappa shape index (κ3) is 9.02. The summed E-state index contributed by atoms with van der Waals surface area (Å²) in [6.45, 7) is 11.8. The smallest absolute Gasteiger partial charge is 0.180 e. The Hall–Kier alpha value is -1.17. The lowest BCUT2D eigenvalue weighted by Gasteiger charge is -2.18. The van der Waals surface area contributed by atoms with Gasteiger partial charge in [-0.1, -0.05) is 55.3 Å². The Bertz CT molecular complexity index is 708. The van der Waals surface area contributed by atoms with Crippen molar-refractivity contribution >= 4 is 36.4 Å². The predicted octanol–water partition coefficient (Wildman–Crippen LogP) is 5.51. The number of aryl methyl sites for hydroxylation is 1. The van der Waals surface area contributed by atoms with Gasteiger partial charge in [0.15, 0.2) is 11.5 Å². The Labute approximate surface area is 192 Å². The summed E-state index contributed by atoms with van der Waals surface area (Å²) in [6, 6.07) is 12.2. The van der Waals surface area contributed by atoms with Crippen LogP contribution in [-0.2, 0) is 13.2 Å². The van der Waals surface area contributed by atoms with Crippen LogP contribution in [0.2, 0.25) is 5.02 Å². The third-order valence-electron chi connectivity index (χ3n) is 4.62. The summed E-state index contributed by atoms with van der Waals surface area (Å²) in [7, 11) is 1.64. The van der Waals surface area contributed by atoms with Crippen LogP contribution in [0, 0.1) is 6.92 Å². The molecule has 4 nitrogen and oxygen atoms in total. The molecule has 0 unspecified atom stereocenters. The highest BCUT2D eigenvalue weighted by molar-refractivity contribution is 6.32. The maximum Gasteiger partial charge on any atom is 0.180 e. The molecule has 1 N–H and O–H groups in total. The van der Waals surface area contributed by atoms with Gasteiger partial charge in [-0.3, -0.25) is 0 Å². The zero-order valence-electron chi connectivity index (χ0n) is 17.7. The molecule has 0 saturated carbocycles. The first kappa shape index (κ1) is 27.8. The minimum Gasteiger partial charge on any atom is -0.493 e. The van der Waals surface area contributed by atoms with Crippen molar-refractivity contribution in [1.82, 2.24) is 10.2 Å². The third-order valence-corrected chi connectivity index (χ3v) is 4.90. The molecule has 0 heterocycles. The number of nitrogens with one attached hydrogen (secondary N) is 1. The number of hydrogen-bond donors (Lipinski definition) is 1. The predicted molar refractivity (Wildman–Crippen MR) is 128 cm³/mol. The van der Waals surface area contributed by atoms with Crippen molar-refractivity contribution in [2.45, 2.75) is 33.9 Å². The van der Waals surface area contributed by atoms with E-state index in [2.05, 4.69) is 55.3 Å². The molecule has 0 aliphatic heterocycles. The van der Waals surface area contributed by atoms with Crippen LogP contribution in [0.1, 0.15) is 30.5 Å². The summed E-state index contributed by atoms with van der Waals surface area (Å²) in [4.78, 5) is 2.39. The summed E-state index contributed by atoms with van der Waals surface area (Å²) in [6.07, 6.45) is 0. The van der Waals surface area contributed by atoms with E-state index in [0.717, 1.165) is 43.9 Å². The van der Waals surface area contributed by atoms with Crippen LogP contribution in [0.5, 0.6) is 11.5 Å². The van der Waals surface area contributed by atoms with Crippen LogP contribution in [0.4, 0.5) is 0 Å². The van der Waals surface area contributed by atoms with Gasteiger partial charge in [0, 0.05) is 19.6 Å². The molecule has 0 radical (unpaired) electrons.